The number of aldehydes is 1. The Hall–Kier alpha value is -0.630. The highest BCUT2D eigenvalue weighted by Crippen LogP contribution is 2.67. The van der Waals surface area contributed by atoms with Crippen molar-refractivity contribution in [1.29, 1.82) is 0 Å². The fourth-order valence-electron chi connectivity index (χ4n) is 7.64. The van der Waals surface area contributed by atoms with E-state index >= 15 is 0 Å². The summed E-state index contributed by atoms with van der Waals surface area (Å²) in [4.78, 5) is 11.6. The second-order valence-electron chi connectivity index (χ2n) is 10.3. The van der Waals surface area contributed by atoms with Crippen molar-refractivity contribution in [3.8, 4) is 0 Å². The predicted molar refractivity (Wildman–Crippen MR) is 96.4 cm³/mol. The topological polar surface area (TPSA) is 37.3 Å². The van der Waals surface area contributed by atoms with Crippen molar-refractivity contribution < 1.29 is 9.90 Å². The van der Waals surface area contributed by atoms with Crippen LogP contribution in [0.25, 0.3) is 0 Å². The number of hydrogen-bond acceptors (Lipinski definition) is 2. The lowest BCUT2D eigenvalue weighted by atomic mass is 9.44. The zero-order chi connectivity index (χ0) is 17.3. The van der Waals surface area contributed by atoms with Crippen LogP contribution in [0.2, 0.25) is 0 Å². The average Bonchev–Trinajstić information content (AvgIpc) is 2.83. The van der Waals surface area contributed by atoms with Crippen LogP contribution < -0.4 is 0 Å². The predicted octanol–water partition coefficient (Wildman–Crippen LogP) is 4.76. The second-order valence-corrected chi connectivity index (χ2v) is 10.3. The summed E-state index contributed by atoms with van der Waals surface area (Å²) in [6, 6.07) is 0. The summed E-state index contributed by atoms with van der Waals surface area (Å²) in [6.07, 6.45) is 11.6. The van der Waals surface area contributed by atoms with E-state index in [0.29, 0.717) is 5.92 Å². The Morgan fingerprint density at radius 1 is 1.04 bits per heavy atom. The molecule has 3 fully saturated rings. The first-order chi connectivity index (χ1) is 11.2. The lowest BCUT2D eigenvalue weighted by molar-refractivity contribution is -0.118. The summed E-state index contributed by atoms with van der Waals surface area (Å²) in [6.45, 7) is 9.43. The molecule has 2 nitrogen and oxygen atoms in total. The zero-order valence-corrected chi connectivity index (χ0v) is 15.8. The number of allylic oxidation sites excluding steroid dienone is 2. The number of aliphatic hydroxyl groups is 1. The van der Waals surface area contributed by atoms with Crippen LogP contribution >= 0.6 is 0 Å². The summed E-state index contributed by atoms with van der Waals surface area (Å²) < 4.78 is 0. The minimum atomic E-state index is -0.0936. The number of carbonyl (C=O) groups is 1. The van der Waals surface area contributed by atoms with Gasteiger partial charge in [0.15, 0.2) is 0 Å². The van der Waals surface area contributed by atoms with Gasteiger partial charge in [-0.1, -0.05) is 39.3 Å². The number of aliphatic hydroxyl groups excluding tert-OH is 1. The molecule has 1 unspecified atom stereocenters. The van der Waals surface area contributed by atoms with Gasteiger partial charge in [0.25, 0.3) is 0 Å². The molecule has 0 saturated heterocycles. The first kappa shape index (κ1) is 16.8. The molecular weight excluding hydrogens is 296 g/mol. The van der Waals surface area contributed by atoms with Crippen molar-refractivity contribution in [1.82, 2.24) is 0 Å². The highest BCUT2D eigenvalue weighted by atomic mass is 16.3. The van der Waals surface area contributed by atoms with Crippen LogP contribution in [0.15, 0.2) is 11.6 Å². The minimum absolute atomic E-state index is 0.00958. The van der Waals surface area contributed by atoms with Gasteiger partial charge in [-0.2, -0.15) is 0 Å². The maximum atomic E-state index is 11.6. The zero-order valence-electron chi connectivity index (χ0n) is 15.8. The molecule has 0 aromatic rings. The third-order valence-electron chi connectivity index (χ3n) is 9.17. The van der Waals surface area contributed by atoms with E-state index in [2.05, 4.69) is 33.8 Å². The van der Waals surface area contributed by atoms with Crippen molar-refractivity contribution in [3.63, 3.8) is 0 Å². The second kappa shape index (κ2) is 5.19. The Labute approximate surface area is 147 Å². The van der Waals surface area contributed by atoms with E-state index in [-0.39, 0.29) is 28.3 Å². The molecule has 0 aromatic carbocycles. The Balaban J connectivity index is 1.72. The van der Waals surface area contributed by atoms with Crippen LogP contribution in [0.5, 0.6) is 0 Å². The molecule has 0 radical (unpaired) electrons. The van der Waals surface area contributed by atoms with Gasteiger partial charge in [-0.25, -0.2) is 0 Å². The van der Waals surface area contributed by atoms with Crippen LogP contribution in [0.3, 0.4) is 0 Å². The standard InChI is InChI=1S/C22H34O2/c1-20(2)14(13-23)9-11-21(3)17-10-12-22(4)16(6-8-19(22)24)15(17)5-7-18(20)21/h7,13-17,19,24H,5-6,8-12H2,1-4H3/t14?,15-,16-,17-,19-,21+,22-/m0/s1. The molecule has 0 aliphatic heterocycles. The first-order valence-electron chi connectivity index (χ1n) is 10.1. The smallest absolute Gasteiger partial charge is 0.123 e. The quantitative estimate of drug-likeness (QED) is 0.556. The van der Waals surface area contributed by atoms with E-state index in [0.717, 1.165) is 31.1 Å². The molecule has 4 aliphatic rings. The van der Waals surface area contributed by atoms with Gasteiger partial charge in [-0.05, 0) is 78.9 Å². The molecule has 1 N–H and O–H groups in total. The summed E-state index contributed by atoms with van der Waals surface area (Å²) in [5.74, 6) is 2.34. The molecule has 4 rings (SSSR count). The molecule has 0 bridgehead atoms. The van der Waals surface area contributed by atoms with Gasteiger partial charge in [0.2, 0.25) is 0 Å². The van der Waals surface area contributed by atoms with Crippen LogP contribution in [0.1, 0.15) is 72.6 Å². The van der Waals surface area contributed by atoms with Gasteiger partial charge in [-0.3, -0.25) is 0 Å². The number of hydrogen-bond donors (Lipinski definition) is 1. The molecule has 0 aromatic heterocycles. The Morgan fingerprint density at radius 3 is 2.50 bits per heavy atom. The Bertz CT molecular complexity index is 577. The van der Waals surface area contributed by atoms with Crippen molar-refractivity contribution in [2.75, 3.05) is 0 Å². The number of carbonyl (C=O) groups excluding carboxylic acids is 1. The molecule has 24 heavy (non-hydrogen) atoms. The van der Waals surface area contributed by atoms with Crippen LogP contribution in [-0.4, -0.2) is 17.5 Å². The molecule has 0 spiro atoms. The van der Waals surface area contributed by atoms with Gasteiger partial charge in [-0.15, -0.1) is 0 Å². The molecule has 4 aliphatic carbocycles. The fraction of sp³-hybridized carbons (Fsp3) is 0.864. The maximum Gasteiger partial charge on any atom is 0.123 e. The molecule has 134 valence electrons. The van der Waals surface area contributed by atoms with Gasteiger partial charge in [0.1, 0.15) is 6.29 Å². The van der Waals surface area contributed by atoms with E-state index < -0.39 is 0 Å². The molecule has 0 amide bonds. The van der Waals surface area contributed by atoms with E-state index in [1.165, 1.54) is 32.0 Å². The lowest BCUT2D eigenvalue weighted by Gasteiger charge is -2.61. The van der Waals surface area contributed by atoms with E-state index in [4.69, 9.17) is 0 Å². The van der Waals surface area contributed by atoms with Crippen molar-refractivity contribution in [3.05, 3.63) is 11.6 Å². The third kappa shape index (κ3) is 1.95. The Kier molecular flexibility index (Phi) is 3.64. The molecule has 0 heterocycles. The summed E-state index contributed by atoms with van der Waals surface area (Å²) >= 11 is 0. The largest absolute Gasteiger partial charge is 0.393 e. The third-order valence-corrected chi connectivity index (χ3v) is 9.17. The minimum Gasteiger partial charge on any atom is -0.393 e. The van der Waals surface area contributed by atoms with E-state index in [1.54, 1.807) is 5.57 Å². The highest BCUT2D eigenvalue weighted by molar-refractivity contribution is 5.58. The molecule has 7 atom stereocenters. The highest BCUT2D eigenvalue weighted by Gasteiger charge is 2.60. The summed E-state index contributed by atoms with van der Waals surface area (Å²) in [7, 11) is 0. The van der Waals surface area contributed by atoms with Gasteiger partial charge < -0.3 is 9.90 Å². The molecule has 3 saturated carbocycles. The monoisotopic (exact) mass is 330 g/mol. The fourth-order valence-corrected chi connectivity index (χ4v) is 7.64. The van der Waals surface area contributed by atoms with Gasteiger partial charge >= 0.3 is 0 Å². The molecule has 2 heteroatoms. The maximum absolute atomic E-state index is 11.6. The van der Waals surface area contributed by atoms with Crippen LogP contribution in [0.4, 0.5) is 0 Å². The van der Waals surface area contributed by atoms with Crippen LogP contribution in [-0.2, 0) is 4.79 Å². The lowest BCUT2D eigenvalue weighted by Crippen LogP contribution is -2.54. The van der Waals surface area contributed by atoms with E-state index in [1.807, 2.05) is 0 Å². The SMILES string of the molecule is CC1(C)C2=CC[C@H]3[C@@H]4CC[C@H](O)[C@@]4(C)CC[C@@H]3[C@@]2(C)CCC1C=O. The molecular formula is C22H34O2. The Morgan fingerprint density at radius 2 is 1.79 bits per heavy atom. The van der Waals surface area contributed by atoms with Crippen molar-refractivity contribution in [2.45, 2.75) is 78.7 Å². The average molecular weight is 331 g/mol. The van der Waals surface area contributed by atoms with Gasteiger partial charge in [0.05, 0.1) is 6.10 Å². The summed E-state index contributed by atoms with van der Waals surface area (Å²) in [5, 5.41) is 10.6. The first-order valence-corrected chi connectivity index (χ1v) is 10.1. The van der Waals surface area contributed by atoms with E-state index in [9.17, 15) is 9.90 Å². The number of fused-ring (bicyclic) bond motifs is 5. The number of rotatable bonds is 1. The van der Waals surface area contributed by atoms with Gasteiger partial charge in [0, 0.05) is 5.92 Å². The normalized spacial score (nSPS) is 52.7. The van der Waals surface area contributed by atoms with Crippen molar-refractivity contribution >= 4 is 6.29 Å². The van der Waals surface area contributed by atoms with Crippen molar-refractivity contribution in [2.24, 2.45) is 39.9 Å². The van der Waals surface area contributed by atoms with Crippen LogP contribution in [0, 0.1) is 39.9 Å². The summed E-state index contributed by atoms with van der Waals surface area (Å²) in [5.41, 5.74) is 2.00.